The zero-order valence-corrected chi connectivity index (χ0v) is 11.9. The molecule has 0 radical (unpaired) electrons. The van der Waals surface area contributed by atoms with E-state index in [9.17, 15) is 4.79 Å². The summed E-state index contributed by atoms with van der Waals surface area (Å²) < 4.78 is 0. The van der Waals surface area contributed by atoms with Crippen molar-refractivity contribution in [1.29, 1.82) is 0 Å². The Morgan fingerprint density at radius 2 is 2.39 bits per heavy atom. The Bertz CT molecular complexity index is 445. The fourth-order valence-electron chi connectivity index (χ4n) is 1.49. The Morgan fingerprint density at radius 1 is 1.61 bits per heavy atom. The zero-order valence-electron chi connectivity index (χ0n) is 11.1. The van der Waals surface area contributed by atoms with Crippen molar-refractivity contribution >= 4 is 22.4 Å². The highest BCUT2D eigenvalue weighted by Gasteiger charge is 2.12. The Hall–Kier alpha value is -1.38. The molecule has 0 saturated carbocycles. The van der Waals surface area contributed by atoms with Crippen LogP contribution in [0.15, 0.2) is 5.38 Å². The van der Waals surface area contributed by atoms with E-state index in [1.165, 1.54) is 11.3 Å². The van der Waals surface area contributed by atoms with Crippen molar-refractivity contribution in [3.05, 3.63) is 11.1 Å². The Balaban J connectivity index is 2.46. The lowest BCUT2D eigenvalue weighted by atomic mass is 10.4. The number of anilines is 1. The normalized spacial score (nSPS) is 9.72. The second kappa shape index (κ2) is 7.85. The summed E-state index contributed by atoms with van der Waals surface area (Å²) in [6, 6.07) is 0. The number of carbonyl (C=O) groups excluding carboxylic acids is 1. The molecule has 0 aliphatic carbocycles. The van der Waals surface area contributed by atoms with E-state index in [-0.39, 0.29) is 5.91 Å². The third-order valence-corrected chi connectivity index (χ3v) is 3.29. The lowest BCUT2D eigenvalue weighted by Gasteiger charge is -2.14. The number of amides is 1. The van der Waals surface area contributed by atoms with Crippen LogP contribution in [0.2, 0.25) is 0 Å². The van der Waals surface area contributed by atoms with Crippen LogP contribution < -0.4 is 10.2 Å². The largest absolute Gasteiger partial charge is 0.310 e. The molecule has 18 heavy (non-hydrogen) atoms. The van der Waals surface area contributed by atoms with Gasteiger partial charge in [-0.05, 0) is 13.8 Å². The summed E-state index contributed by atoms with van der Waals surface area (Å²) in [5.41, 5.74) is 0.971. The van der Waals surface area contributed by atoms with Gasteiger partial charge in [0.05, 0.1) is 5.69 Å². The van der Waals surface area contributed by atoms with Crippen molar-refractivity contribution in [2.75, 3.05) is 18.0 Å². The molecule has 4 nitrogen and oxygen atoms in total. The van der Waals surface area contributed by atoms with Gasteiger partial charge in [-0.25, -0.2) is 4.98 Å². The molecule has 0 atom stereocenters. The molecule has 0 aliphatic heterocycles. The highest BCUT2D eigenvalue weighted by molar-refractivity contribution is 7.14. The first-order valence-electron chi connectivity index (χ1n) is 6.01. The van der Waals surface area contributed by atoms with Gasteiger partial charge in [-0.3, -0.25) is 9.69 Å². The molecule has 98 valence electrons. The number of thiazole rings is 1. The number of nitrogens with zero attached hydrogens (tertiary/aromatic N) is 2. The molecule has 0 aromatic carbocycles. The molecular formula is C13H19N3OS. The molecule has 0 fully saturated rings. The van der Waals surface area contributed by atoms with E-state index in [0.29, 0.717) is 6.54 Å². The third-order valence-electron chi connectivity index (χ3n) is 2.38. The van der Waals surface area contributed by atoms with Gasteiger partial charge in [0.15, 0.2) is 5.13 Å². The number of hydrogen-bond acceptors (Lipinski definition) is 4. The summed E-state index contributed by atoms with van der Waals surface area (Å²) in [6.07, 6.45) is 0.849. The topological polar surface area (TPSA) is 45.2 Å². The number of nitrogens with one attached hydrogen (secondary N) is 1. The van der Waals surface area contributed by atoms with Gasteiger partial charge < -0.3 is 5.32 Å². The molecule has 0 unspecified atom stereocenters. The van der Waals surface area contributed by atoms with Crippen molar-refractivity contribution in [2.24, 2.45) is 0 Å². The van der Waals surface area contributed by atoms with E-state index >= 15 is 0 Å². The van der Waals surface area contributed by atoms with E-state index in [2.05, 4.69) is 22.1 Å². The van der Waals surface area contributed by atoms with Crippen LogP contribution in [-0.2, 0) is 11.3 Å². The maximum Gasteiger partial charge on any atom is 0.225 e. The van der Waals surface area contributed by atoms with Crippen LogP contribution in [0.25, 0.3) is 0 Å². The van der Waals surface area contributed by atoms with Crippen LogP contribution in [0.1, 0.15) is 32.9 Å². The average molecular weight is 265 g/mol. The van der Waals surface area contributed by atoms with Gasteiger partial charge in [-0.1, -0.05) is 0 Å². The quantitative estimate of drug-likeness (QED) is 0.632. The second-order valence-corrected chi connectivity index (χ2v) is 4.57. The van der Waals surface area contributed by atoms with Crippen molar-refractivity contribution in [2.45, 2.75) is 33.7 Å². The van der Waals surface area contributed by atoms with Crippen LogP contribution in [0.3, 0.4) is 0 Å². The Labute approximate surface area is 112 Å². The third kappa shape index (κ3) is 4.47. The second-order valence-electron chi connectivity index (χ2n) is 3.74. The van der Waals surface area contributed by atoms with Gasteiger partial charge in [-0.15, -0.1) is 23.2 Å². The Kier molecular flexibility index (Phi) is 6.40. The molecule has 1 heterocycles. The molecule has 1 amide bonds. The minimum Gasteiger partial charge on any atom is -0.310 e. The Morgan fingerprint density at radius 3 is 3.00 bits per heavy atom. The molecule has 0 saturated heterocycles. The molecule has 1 aromatic heterocycles. The first kappa shape index (κ1) is 14.7. The summed E-state index contributed by atoms with van der Waals surface area (Å²) in [5, 5.41) is 6.03. The SMILES string of the molecule is CC#CCCNCc1csc(N(CC)C(C)=O)n1. The summed E-state index contributed by atoms with van der Waals surface area (Å²) in [6.45, 7) is 7.58. The fraction of sp³-hybridized carbons (Fsp3) is 0.538. The highest BCUT2D eigenvalue weighted by Crippen LogP contribution is 2.20. The summed E-state index contributed by atoms with van der Waals surface area (Å²) >= 11 is 1.50. The highest BCUT2D eigenvalue weighted by atomic mass is 32.1. The first-order valence-corrected chi connectivity index (χ1v) is 6.89. The van der Waals surface area contributed by atoms with Crippen LogP contribution >= 0.6 is 11.3 Å². The number of aromatic nitrogens is 1. The molecule has 1 N–H and O–H groups in total. The van der Waals surface area contributed by atoms with Gasteiger partial charge in [0.1, 0.15) is 0 Å². The monoisotopic (exact) mass is 265 g/mol. The van der Waals surface area contributed by atoms with Gasteiger partial charge >= 0.3 is 0 Å². The van der Waals surface area contributed by atoms with Crippen LogP contribution in [0, 0.1) is 11.8 Å². The molecule has 1 aromatic rings. The van der Waals surface area contributed by atoms with Crippen LogP contribution in [0.4, 0.5) is 5.13 Å². The lowest BCUT2D eigenvalue weighted by Crippen LogP contribution is -2.27. The van der Waals surface area contributed by atoms with Crippen LogP contribution in [0.5, 0.6) is 0 Å². The predicted octanol–water partition coefficient (Wildman–Crippen LogP) is 2.02. The van der Waals surface area contributed by atoms with Crippen LogP contribution in [-0.4, -0.2) is 24.0 Å². The number of hydrogen-bond donors (Lipinski definition) is 1. The average Bonchev–Trinajstić information content (AvgIpc) is 2.78. The molecule has 0 aliphatic rings. The molecule has 0 bridgehead atoms. The van der Waals surface area contributed by atoms with E-state index in [0.717, 1.165) is 30.3 Å². The van der Waals surface area contributed by atoms with E-state index in [4.69, 9.17) is 0 Å². The van der Waals surface area contributed by atoms with Crippen molar-refractivity contribution in [3.63, 3.8) is 0 Å². The smallest absolute Gasteiger partial charge is 0.225 e. The van der Waals surface area contributed by atoms with E-state index < -0.39 is 0 Å². The van der Waals surface area contributed by atoms with Crippen molar-refractivity contribution in [3.8, 4) is 11.8 Å². The molecule has 1 rings (SSSR count). The van der Waals surface area contributed by atoms with Gasteiger partial charge in [-0.2, -0.15) is 0 Å². The maximum atomic E-state index is 11.4. The minimum absolute atomic E-state index is 0.0320. The number of rotatable bonds is 6. The zero-order chi connectivity index (χ0) is 13.4. The molecular weight excluding hydrogens is 246 g/mol. The predicted molar refractivity (Wildman–Crippen MR) is 75.6 cm³/mol. The minimum atomic E-state index is 0.0320. The lowest BCUT2D eigenvalue weighted by molar-refractivity contribution is -0.116. The fourth-order valence-corrected chi connectivity index (χ4v) is 2.42. The van der Waals surface area contributed by atoms with Gasteiger partial charge in [0.2, 0.25) is 5.91 Å². The van der Waals surface area contributed by atoms with E-state index in [1.54, 1.807) is 11.8 Å². The molecule has 5 heteroatoms. The van der Waals surface area contributed by atoms with E-state index in [1.807, 2.05) is 19.2 Å². The number of carbonyl (C=O) groups is 1. The van der Waals surface area contributed by atoms with Gasteiger partial charge in [0.25, 0.3) is 0 Å². The summed E-state index contributed by atoms with van der Waals surface area (Å²) in [7, 11) is 0. The summed E-state index contributed by atoms with van der Waals surface area (Å²) in [5.74, 6) is 5.89. The first-order chi connectivity index (χ1) is 8.69. The van der Waals surface area contributed by atoms with Gasteiger partial charge in [0, 0.05) is 38.4 Å². The van der Waals surface area contributed by atoms with Crippen molar-refractivity contribution in [1.82, 2.24) is 10.3 Å². The van der Waals surface area contributed by atoms with Crippen molar-refractivity contribution < 1.29 is 4.79 Å². The standard InChI is InChI=1S/C13H19N3OS/c1-4-6-7-8-14-9-12-10-18-13(15-12)16(5-2)11(3)17/h10,14H,5,7-9H2,1-3H3. The molecule has 0 spiro atoms. The maximum absolute atomic E-state index is 11.4. The summed E-state index contributed by atoms with van der Waals surface area (Å²) in [4.78, 5) is 17.5.